The summed E-state index contributed by atoms with van der Waals surface area (Å²) >= 11 is 2.99. The zero-order chi connectivity index (χ0) is 13.8. The molecule has 1 aliphatic carbocycles. The molecule has 1 saturated carbocycles. The SMILES string of the molecule is CC(C)CNC(=O)[C@H](C)Sc1nnc(NC2CC2)s1. The van der Waals surface area contributed by atoms with E-state index in [0.717, 1.165) is 9.47 Å². The van der Waals surface area contributed by atoms with E-state index >= 15 is 0 Å². The van der Waals surface area contributed by atoms with E-state index in [1.54, 1.807) is 0 Å². The molecule has 0 radical (unpaired) electrons. The summed E-state index contributed by atoms with van der Waals surface area (Å²) in [4.78, 5) is 11.9. The van der Waals surface area contributed by atoms with Crippen molar-refractivity contribution in [3.63, 3.8) is 0 Å². The second kappa shape index (κ2) is 6.56. The van der Waals surface area contributed by atoms with Crippen LogP contribution in [0.2, 0.25) is 0 Å². The van der Waals surface area contributed by atoms with Gasteiger partial charge < -0.3 is 10.6 Å². The van der Waals surface area contributed by atoms with Gasteiger partial charge in [0.25, 0.3) is 0 Å². The first-order valence-corrected chi connectivity index (χ1v) is 8.28. The lowest BCUT2D eigenvalue weighted by atomic mass is 10.2. The van der Waals surface area contributed by atoms with Crippen molar-refractivity contribution in [1.82, 2.24) is 15.5 Å². The van der Waals surface area contributed by atoms with Crippen molar-refractivity contribution in [1.29, 1.82) is 0 Å². The Hall–Kier alpha value is -0.820. The van der Waals surface area contributed by atoms with Crippen LogP contribution in [0.3, 0.4) is 0 Å². The summed E-state index contributed by atoms with van der Waals surface area (Å²) in [7, 11) is 0. The van der Waals surface area contributed by atoms with Crippen molar-refractivity contribution in [3.8, 4) is 0 Å². The summed E-state index contributed by atoms with van der Waals surface area (Å²) in [5, 5.41) is 15.2. The lowest BCUT2D eigenvalue weighted by Gasteiger charge is -2.11. The Morgan fingerprint density at radius 1 is 1.42 bits per heavy atom. The number of anilines is 1. The van der Waals surface area contributed by atoms with Gasteiger partial charge in [0.05, 0.1) is 5.25 Å². The summed E-state index contributed by atoms with van der Waals surface area (Å²) in [6, 6.07) is 0.581. The fourth-order valence-corrected chi connectivity index (χ4v) is 3.37. The minimum absolute atomic E-state index is 0.0607. The van der Waals surface area contributed by atoms with Crippen LogP contribution in [0.1, 0.15) is 33.6 Å². The van der Waals surface area contributed by atoms with Crippen LogP contribution in [-0.4, -0.2) is 33.9 Å². The Morgan fingerprint density at radius 2 is 2.16 bits per heavy atom. The highest BCUT2D eigenvalue weighted by Crippen LogP contribution is 2.31. The molecule has 0 unspecified atom stereocenters. The van der Waals surface area contributed by atoms with E-state index in [4.69, 9.17) is 0 Å². The smallest absolute Gasteiger partial charge is 0.233 e. The Morgan fingerprint density at radius 3 is 2.79 bits per heavy atom. The quantitative estimate of drug-likeness (QED) is 0.757. The van der Waals surface area contributed by atoms with Crippen molar-refractivity contribution in [2.75, 3.05) is 11.9 Å². The number of hydrogen-bond acceptors (Lipinski definition) is 6. The van der Waals surface area contributed by atoms with E-state index in [9.17, 15) is 4.79 Å². The fraction of sp³-hybridized carbons (Fsp3) is 0.750. The number of hydrogen-bond donors (Lipinski definition) is 2. The van der Waals surface area contributed by atoms with Crippen molar-refractivity contribution in [3.05, 3.63) is 0 Å². The van der Waals surface area contributed by atoms with E-state index in [-0.39, 0.29) is 11.2 Å². The third-order valence-electron chi connectivity index (χ3n) is 2.64. The zero-order valence-electron chi connectivity index (χ0n) is 11.5. The van der Waals surface area contributed by atoms with Gasteiger partial charge >= 0.3 is 0 Å². The third kappa shape index (κ3) is 4.99. The van der Waals surface area contributed by atoms with E-state index in [0.29, 0.717) is 18.5 Å². The van der Waals surface area contributed by atoms with Gasteiger partial charge in [-0.25, -0.2) is 0 Å². The summed E-state index contributed by atoms with van der Waals surface area (Å²) in [6.45, 7) is 6.78. The summed E-state index contributed by atoms with van der Waals surface area (Å²) in [5.74, 6) is 0.530. The number of carbonyl (C=O) groups is 1. The fourth-order valence-electron chi connectivity index (χ4n) is 1.37. The average molecular weight is 300 g/mol. The molecule has 1 aliphatic rings. The lowest BCUT2D eigenvalue weighted by Crippen LogP contribution is -2.33. The highest BCUT2D eigenvalue weighted by molar-refractivity contribution is 8.02. The molecule has 1 aromatic rings. The van der Waals surface area contributed by atoms with Crippen LogP contribution in [0.15, 0.2) is 4.34 Å². The Labute approximate surface area is 122 Å². The molecular weight excluding hydrogens is 280 g/mol. The van der Waals surface area contributed by atoms with Crippen LogP contribution in [0, 0.1) is 5.92 Å². The average Bonchev–Trinajstić information content (AvgIpc) is 3.06. The van der Waals surface area contributed by atoms with Gasteiger partial charge in [-0.15, -0.1) is 10.2 Å². The van der Waals surface area contributed by atoms with Crippen LogP contribution < -0.4 is 10.6 Å². The molecule has 1 aromatic heterocycles. The van der Waals surface area contributed by atoms with Gasteiger partial charge in [0.2, 0.25) is 11.0 Å². The monoisotopic (exact) mass is 300 g/mol. The van der Waals surface area contributed by atoms with Gasteiger partial charge in [-0.05, 0) is 25.7 Å². The maximum absolute atomic E-state index is 11.9. The first-order valence-electron chi connectivity index (χ1n) is 6.59. The van der Waals surface area contributed by atoms with Crippen LogP contribution >= 0.6 is 23.1 Å². The molecule has 0 aromatic carbocycles. The highest BCUT2D eigenvalue weighted by atomic mass is 32.2. The summed E-state index contributed by atoms with van der Waals surface area (Å²) in [6.07, 6.45) is 2.44. The molecule has 106 valence electrons. The molecule has 1 amide bonds. The molecule has 0 aliphatic heterocycles. The molecule has 19 heavy (non-hydrogen) atoms. The lowest BCUT2D eigenvalue weighted by molar-refractivity contribution is -0.120. The highest BCUT2D eigenvalue weighted by Gasteiger charge is 2.23. The van der Waals surface area contributed by atoms with E-state index < -0.39 is 0 Å². The van der Waals surface area contributed by atoms with Crippen LogP contribution in [-0.2, 0) is 4.79 Å². The van der Waals surface area contributed by atoms with Gasteiger partial charge in [-0.1, -0.05) is 36.9 Å². The van der Waals surface area contributed by atoms with Crippen LogP contribution in [0.4, 0.5) is 5.13 Å². The van der Waals surface area contributed by atoms with E-state index in [1.165, 1.54) is 35.9 Å². The number of thioether (sulfide) groups is 1. The maximum atomic E-state index is 11.9. The molecular formula is C12H20N4OS2. The Balaban J connectivity index is 1.78. The first kappa shape index (κ1) is 14.6. The number of nitrogens with one attached hydrogen (secondary N) is 2. The van der Waals surface area contributed by atoms with Crippen molar-refractivity contribution in [2.24, 2.45) is 5.92 Å². The number of nitrogens with zero attached hydrogens (tertiary/aromatic N) is 2. The van der Waals surface area contributed by atoms with Crippen LogP contribution in [0.5, 0.6) is 0 Å². The summed E-state index contributed by atoms with van der Waals surface area (Å²) < 4.78 is 0.843. The van der Waals surface area contributed by atoms with Gasteiger partial charge in [-0.2, -0.15) is 0 Å². The molecule has 1 fully saturated rings. The van der Waals surface area contributed by atoms with E-state index in [2.05, 4.69) is 34.7 Å². The predicted molar refractivity (Wildman–Crippen MR) is 79.7 cm³/mol. The first-order chi connectivity index (χ1) is 9.04. The topological polar surface area (TPSA) is 66.9 Å². The van der Waals surface area contributed by atoms with Crippen LogP contribution in [0.25, 0.3) is 0 Å². The minimum Gasteiger partial charge on any atom is -0.357 e. The van der Waals surface area contributed by atoms with E-state index in [1.807, 2.05) is 6.92 Å². The number of amides is 1. The number of carbonyl (C=O) groups excluding carboxylic acids is 1. The molecule has 1 atom stereocenters. The molecule has 0 bridgehead atoms. The normalized spacial score (nSPS) is 16.4. The zero-order valence-corrected chi connectivity index (χ0v) is 13.1. The van der Waals surface area contributed by atoms with Crippen molar-refractivity contribution in [2.45, 2.75) is 49.2 Å². The number of aromatic nitrogens is 2. The molecule has 2 rings (SSSR count). The third-order valence-corrected chi connectivity index (χ3v) is 4.68. The molecule has 5 nitrogen and oxygen atoms in total. The molecule has 0 saturated heterocycles. The van der Waals surface area contributed by atoms with Gasteiger partial charge in [0.15, 0.2) is 4.34 Å². The Bertz CT molecular complexity index is 431. The second-order valence-corrected chi connectivity index (χ2v) is 7.76. The predicted octanol–water partition coefficient (Wildman–Crippen LogP) is 2.37. The number of rotatable bonds is 7. The Kier molecular flexibility index (Phi) is 5.04. The second-order valence-electron chi connectivity index (χ2n) is 5.19. The molecule has 1 heterocycles. The molecule has 2 N–H and O–H groups in total. The standard InChI is InChI=1S/C12H20N4OS2/c1-7(2)6-13-10(17)8(3)18-12-16-15-11(19-12)14-9-4-5-9/h7-9H,4-6H2,1-3H3,(H,13,17)(H,14,15)/t8-/m0/s1. The molecule has 7 heteroatoms. The maximum Gasteiger partial charge on any atom is 0.233 e. The van der Waals surface area contributed by atoms with Gasteiger partial charge in [-0.3, -0.25) is 4.79 Å². The van der Waals surface area contributed by atoms with Gasteiger partial charge in [0, 0.05) is 12.6 Å². The largest absolute Gasteiger partial charge is 0.357 e. The van der Waals surface area contributed by atoms with Gasteiger partial charge in [0.1, 0.15) is 0 Å². The van der Waals surface area contributed by atoms with Crippen molar-refractivity contribution >= 4 is 34.1 Å². The summed E-state index contributed by atoms with van der Waals surface area (Å²) in [5.41, 5.74) is 0. The molecule has 0 spiro atoms. The minimum atomic E-state index is -0.138. The van der Waals surface area contributed by atoms with Crippen molar-refractivity contribution < 1.29 is 4.79 Å².